The first-order chi connectivity index (χ1) is 23.3. The highest BCUT2D eigenvalue weighted by Gasteiger charge is 2.62. The van der Waals surface area contributed by atoms with Gasteiger partial charge in [-0.05, 0) is 66.9 Å². The average molecular weight is 669 g/mol. The number of rotatable bonds is 9. The summed E-state index contributed by atoms with van der Waals surface area (Å²) < 4.78 is 47.1. The van der Waals surface area contributed by atoms with Gasteiger partial charge in [-0.15, -0.1) is 0 Å². The largest absolute Gasteiger partial charge is 0.497 e. The molecule has 48 heavy (non-hydrogen) atoms. The smallest absolute Gasteiger partial charge is 0.271 e. The molecule has 4 aromatic rings. The van der Waals surface area contributed by atoms with Crippen molar-refractivity contribution in [3.8, 4) is 17.6 Å². The van der Waals surface area contributed by atoms with Crippen LogP contribution in [0.3, 0.4) is 0 Å². The first-order valence-corrected chi connectivity index (χ1v) is 17.3. The maximum absolute atomic E-state index is 15.5. The number of nitrogens with one attached hydrogen (secondary N) is 1. The second-order valence-electron chi connectivity index (χ2n) is 12.1. The van der Waals surface area contributed by atoms with Gasteiger partial charge in [0, 0.05) is 50.4 Å². The SMILES string of the molecule is COc1ccc(S(=O)(=O)N2C(=O)C(c3ccc(CN4CCNCC4)cc3OC)(N3CCCC3c3ncco3)c3cc(C#N)ccc32)cc1. The lowest BCUT2D eigenvalue weighted by molar-refractivity contribution is -0.127. The zero-order valence-corrected chi connectivity index (χ0v) is 27.6. The van der Waals surface area contributed by atoms with Crippen LogP contribution in [0.5, 0.6) is 11.5 Å². The summed E-state index contributed by atoms with van der Waals surface area (Å²) in [4.78, 5) is 24.2. The monoisotopic (exact) mass is 668 g/mol. The molecule has 2 atom stereocenters. The fraction of sp³-hybridized carbons (Fsp3) is 0.343. The van der Waals surface area contributed by atoms with Crippen LogP contribution in [0.4, 0.5) is 5.69 Å². The fourth-order valence-corrected chi connectivity index (χ4v) is 8.77. The third-order valence-corrected chi connectivity index (χ3v) is 11.2. The Bertz CT molecular complexity index is 1970. The number of anilines is 1. The van der Waals surface area contributed by atoms with Crippen molar-refractivity contribution in [3.63, 3.8) is 0 Å². The maximum atomic E-state index is 15.5. The molecule has 4 heterocycles. The Kier molecular flexibility index (Phi) is 8.43. The van der Waals surface area contributed by atoms with Crippen LogP contribution in [-0.2, 0) is 26.9 Å². The molecule has 3 aliphatic rings. The van der Waals surface area contributed by atoms with Crippen molar-refractivity contribution in [3.05, 3.63) is 101 Å². The number of piperazine rings is 1. The average Bonchev–Trinajstić information content (AvgIpc) is 3.87. The summed E-state index contributed by atoms with van der Waals surface area (Å²) in [5.74, 6) is 0.635. The van der Waals surface area contributed by atoms with E-state index in [0.717, 1.165) is 36.0 Å². The van der Waals surface area contributed by atoms with E-state index < -0.39 is 27.5 Å². The Labute approximate surface area is 279 Å². The van der Waals surface area contributed by atoms with Gasteiger partial charge >= 0.3 is 0 Å². The van der Waals surface area contributed by atoms with Gasteiger partial charge in [0.2, 0.25) is 5.89 Å². The maximum Gasteiger partial charge on any atom is 0.271 e. The topological polar surface area (TPSA) is 141 Å². The van der Waals surface area contributed by atoms with Gasteiger partial charge in [0.15, 0.2) is 5.54 Å². The van der Waals surface area contributed by atoms with Crippen molar-refractivity contribution in [1.82, 2.24) is 20.1 Å². The molecule has 0 radical (unpaired) electrons. The second kappa shape index (κ2) is 12.7. The first kappa shape index (κ1) is 31.8. The van der Waals surface area contributed by atoms with Crippen LogP contribution in [-0.4, -0.2) is 76.1 Å². The number of amides is 1. The van der Waals surface area contributed by atoms with Crippen LogP contribution < -0.4 is 19.1 Å². The van der Waals surface area contributed by atoms with Crippen LogP contribution in [0, 0.1) is 11.3 Å². The standard InChI is InChI=1S/C35H36N6O6S/c1-45-26-7-9-27(10-8-26)48(43,44)41-30-12-6-24(22-36)20-29(30)35(34(41)42,40-16-3-4-31(40)33-38-15-19-47-33)28-11-5-25(21-32(28)46-2)23-39-17-13-37-14-18-39/h5-12,15,19-21,31,37H,3-4,13-14,16-18,23H2,1-2H3. The molecule has 1 aromatic heterocycles. The van der Waals surface area contributed by atoms with Crippen molar-refractivity contribution < 1.29 is 27.1 Å². The number of benzene rings is 3. The summed E-state index contributed by atoms with van der Waals surface area (Å²) in [6.45, 7) is 4.73. The molecule has 2 saturated heterocycles. The number of methoxy groups -OCH3 is 2. The van der Waals surface area contributed by atoms with E-state index in [1.807, 2.05) is 23.1 Å². The summed E-state index contributed by atoms with van der Waals surface area (Å²) in [7, 11) is -1.40. The van der Waals surface area contributed by atoms with E-state index in [1.165, 1.54) is 37.6 Å². The highest BCUT2D eigenvalue weighted by molar-refractivity contribution is 7.93. The van der Waals surface area contributed by atoms with Crippen molar-refractivity contribution in [2.45, 2.75) is 35.9 Å². The normalized spacial score (nSPS) is 21.6. The lowest BCUT2D eigenvalue weighted by atomic mass is 9.80. The molecule has 7 rings (SSSR count). The summed E-state index contributed by atoms with van der Waals surface area (Å²) in [6, 6.07) is 18.1. The van der Waals surface area contributed by atoms with E-state index in [0.29, 0.717) is 54.4 Å². The van der Waals surface area contributed by atoms with Gasteiger partial charge in [0.25, 0.3) is 15.9 Å². The van der Waals surface area contributed by atoms with Crippen LogP contribution in [0.25, 0.3) is 0 Å². The number of nitriles is 1. The molecule has 0 bridgehead atoms. The van der Waals surface area contributed by atoms with Crippen molar-refractivity contribution in [2.75, 3.05) is 51.2 Å². The Hall–Kier alpha value is -4.74. The number of oxazole rings is 1. The second-order valence-corrected chi connectivity index (χ2v) is 13.9. The number of fused-ring (bicyclic) bond motifs is 1. The van der Waals surface area contributed by atoms with Gasteiger partial charge in [0.1, 0.15) is 17.8 Å². The van der Waals surface area contributed by atoms with E-state index in [9.17, 15) is 13.7 Å². The zero-order chi connectivity index (χ0) is 33.5. The molecule has 3 aromatic carbocycles. The van der Waals surface area contributed by atoms with Crippen LogP contribution >= 0.6 is 0 Å². The number of likely N-dealkylation sites (tertiary alicyclic amines) is 1. The summed E-state index contributed by atoms with van der Waals surface area (Å²) in [5.41, 5.74) is 0.584. The van der Waals surface area contributed by atoms with Gasteiger partial charge in [-0.3, -0.25) is 14.6 Å². The molecular formula is C35H36N6O6S. The highest BCUT2D eigenvalue weighted by atomic mass is 32.2. The lowest BCUT2D eigenvalue weighted by Gasteiger charge is -2.41. The number of carbonyl (C=O) groups is 1. The zero-order valence-electron chi connectivity index (χ0n) is 26.8. The van der Waals surface area contributed by atoms with Crippen molar-refractivity contribution in [2.24, 2.45) is 0 Å². The predicted octanol–water partition coefficient (Wildman–Crippen LogP) is 3.78. The molecule has 1 N–H and O–H groups in total. The Balaban J connectivity index is 1.46. The summed E-state index contributed by atoms with van der Waals surface area (Å²) in [6.07, 6.45) is 4.37. The third-order valence-electron chi connectivity index (χ3n) is 9.52. The summed E-state index contributed by atoms with van der Waals surface area (Å²) in [5, 5.41) is 13.4. The van der Waals surface area contributed by atoms with Crippen LogP contribution in [0.2, 0.25) is 0 Å². The molecule has 13 heteroatoms. The molecule has 12 nitrogen and oxygen atoms in total. The quantitative estimate of drug-likeness (QED) is 0.279. The lowest BCUT2D eigenvalue weighted by Crippen LogP contribution is -2.54. The number of hydrogen-bond donors (Lipinski definition) is 1. The number of sulfonamides is 1. The minimum Gasteiger partial charge on any atom is -0.497 e. The molecule has 248 valence electrons. The Morgan fingerprint density at radius 2 is 1.81 bits per heavy atom. The van der Waals surface area contributed by atoms with Gasteiger partial charge in [-0.25, -0.2) is 17.7 Å². The van der Waals surface area contributed by atoms with Crippen molar-refractivity contribution >= 4 is 21.6 Å². The van der Waals surface area contributed by atoms with Gasteiger partial charge in [0.05, 0.1) is 48.7 Å². The molecule has 0 saturated carbocycles. The van der Waals surface area contributed by atoms with E-state index in [-0.39, 0.29) is 16.1 Å². The number of aromatic nitrogens is 1. The third kappa shape index (κ3) is 5.12. The molecule has 3 aliphatic heterocycles. The molecular weight excluding hydrogens is 632 g/mol. The van der Waals surface area contributed by atoms with Gasteiger partial charge < -0.3 is 19.2 Å². The number of ether oxygens (including phenoxy) is 2. The number of hydrogen-bond acceptors (Lipinski definition) is 11. The molecule has 0 spiro atoms. The van der Waals surface area contributed by atoms with Crippen LogP contribution in [0.15, 0.2) is 82.4 Å². The Morgan fingerprint density at radius 3 is 2.50 bits per heavy atom. The minimum atomic E-state index is -4.45. The van der Waals surface area contributed by atoms with E-state index >= 15 is 4.79 Å². The van der Waals surface area contributed by atoms with Crippen LogP contribution in [0.1, 0.15) is 47.0 Å². The molecule has 1 amide bonds. The van der Waals surface area contributed by atoms with E-state index in [1.54, 1.807) is 31.5 Å². The van der Waals surface area contributed by atoms with E-state index in [4.69, 9.17) is 13.9 Å². The van der Waals surface area contributed by atoms with Gasteiger partial charge in [-0.1, -0.05) is 12.1 Å². The fourth-order valence-electron chi connectivity index (χ4n) is 7.31. The highest BCUT2D eigenvalue weighted by Crippen LogP contribution is 2.56. The summed E-state index contributed by atoms with van der Waals surface area (Å²) >= 11 is 0. The number of nitrogens with zero attached hydrogens (tertiary/aromatic N) is 5. The molecule has 2 unspecified atom stereocenters. The van der Waals surface area contributed by atoms with Gasteiger partial charge in [-0.2, -0.15) is 5.26 Å². The minimum absolute atomic E-state index is 0.0771. The van der Waals surface area contributed by atoms with E-state index in [2.05, 4.69) is 21.3 Å². The molecule has 2 fully saturated rings. The number of carbonyl (C=O) groups excluding carboxylic acids is 1. The predicted molar refractivity (Wildman–Crippen MR) is 176 cm³/mol. The molecule has 0 aliphatic carbocycles. The van der Waals surface area contributed by atoms with Crippen molar-refractivity contribution in [1.29, 1.82) is 5.26 Å². The first-order valence-electron chi connectivity index (χ1n) is 15.9. The Morgan fingerprint density at radius 1 is 1.02 bits per heavy atom.